The summed E-state index contributed by atoms with van der Waals surface area (Å²) in [7, 11) is 0. The highest BCUT2D eigenvalue weighted by atomic mass is 16.1. The topological polar surface area (TPSA) is 45.8 Å². The van der Waals surface area contributed by atoms with E-state index in [1.165, 1.54) is 6.20 Å². The molecule has 1 aromatic heterocycles. The average Bonchev–Trinajstić information content (AvgIpc) is 2.38. The van der Waals surface area contributed by atoms with Crippen molar-refractivity contribution in [1.29, 1.82) is 0 Å². The van der Waals surface area contributed by atoms with Crippen molar-refractivity contribution in [1.82, 2.24) is 9.97 Å². The maximum absolute atomic E-state index is 10.8. The van der Waals surface area contributed by atoms with Crippen LogP contribution in [0.1, 0.15) is 17.5 Å². The molecule has 1 aromatic rings. The van der Waals surface area contributed by atoms with E-state index in [2.05, 4.69) is 21.8 Å². The van der Waals surface area contributed by atoms with E-state index in [0.29, 0.717) is 5.82 Å². The van der Waals surface area contributed by atoms with Gasteiger partial charge in [0, 0.05) is 12.4 Å². The Morgan fingerprint density at radius 2 is 2.60 bits per heavy atom. The summed E-state index contributed by atoms with van der Waals surface area (Å²) in [6.07, 6.45) is 3.11. The van der Waals surface area contributed by atoms with Crippen molar-refractivity contribution in [2.75, 3.05) is 0 Å². The van der Waals surface area contributed by atoms with Gasteiger partial charge in [-0.3, -0.25) is 4.79 Å². The quantitative estimate of drug-likeness (QED) is 0.347. The van der Waals surface area contributed by atoms with Gasteiger partial charge >= 0.3 is 0 Å². The minimum Gasteiger partial charge on any atom is -0.341 e. The van der Waals surface area contributed by atoms with E-state index in [1.807, 2.05) is 0 Å². The van der Waals surface area contributed by atoms with E-state index >= 15 is 0 Å². The number of nitrogens with zero attached hydrogens (tertiary/aromatic N) is 1. The minimum atomic E-state index is -0.271. The van der Waals surface area contributed by atoms with Gasteiger partial charge in [0.2, 0.25) is 0 Å². The summed E-state index contributed by atoms with van der Waals surface area (Å²) in [5, 5.41) is 0. The Morgan fingerprint density at radius 3 is 3.10 bits per heavy atom. The normalized spacial score (nSPS) is 8.10. The molecule has 0 aromatic carbocycles. The molecule has 0 aliphatic heterocycles. The van der Waals surface area contributed by atoms with E-state index < -0.39 is 0 Å². The van der Waals surface area contributed by atoms with Gasteiger partial charge in [0.25, 0.3) is 5.78 Å². The number of H-pyrrole nitrogens is 1. The Kier molecular flexibility index (Phi) is 1.86. The van der Waals surface area contributed by atoms with Crippen LogP contribution >= 0.6 is 0 Å². The minimum absolute atomic E-state index is 0.271. The van der Waals surface area contributed by atoms with Crippen molar-refractivity contribution in [2.45, 2.75) is 6.92 Å². The summed E-state index contributed by atoms with van der Waals surface area (Å²) < 4.78 is 0. The number of ketones is 1. The molecule has 0 aliphatic carbocycles. The van der Waals surface area contributed by atoms with Crippen molar-refractivity contribution in [3.63, 3.8) is 0 Å². The third-order valence-corrected chi connectivity index (χ3v) is 0.952. The van der Waals surface area contributed by atoms with Gasteiger partial charge in [0.1, 0.15) is 0 Å². The Morgan fingerprint density at radius 1 is 1.80 bits per heavy atom. The average molecular weight is 134 g/mol. The van der Waals surface area contributed by atoms with Crippen LogP contribution in [0.25, 0.3) is 0 Å². The SMILES string of the molecule is CC#CC(=O)c1ncc[nH]1. The number of Topliss-reactive ketones (excluding diaryl/α,β-unsaturated/α-hetero) is 1. The molecule has 1 heterocycles. The van der Waals surface area contributed by atoms with Crippen LogP contribution < -0.4 is 0 Å². The van der Waals surface area contributed by atoms with Crippen LogP contribution in [0.2, 0.25) is 0 Å². The molecule has 1 N–H and O–H groups in total. The highest BCUT2D eigenvalue weighted by Gasteiger charge is 2.01. The highest BCUT2D eigenvalue weighted by molar-refractivity contribution is 6.06. The molecule has 50 valence electrons. The van der Waals surface area contributed by atoms with Crippen LogP contribution in [-0.2, 0) is 0 Å². The van der Waals surface area contributed by atoms with E-state index in [1.54, 1.807) is 13.1 Å². The number of carbonyl (C=O) groups excluding carboxylic acids is 1. The summed E-state index contributed by atoms with van der Waals surface area (Å²) in [5.41, 5.74) is 0. The molecule has 10 heavy (non-hydrogen) atoms. The molecule has 3 nitrogen and oxygen atoms in total. The Hall–Kier alpha value is -1.56. The Labute approximate surface area is 58.5 Å². The van der Waals surface area contributed by atoms with Crippen molar-refractivity contribution in [3.05, 3.63) is 18.2 Å². The maximum atomic E-state index is 10.8. The van der Waals surface area contributed by atoms with Gasteiger partial charge in [-0.05, 0) is 12.8 Å². The molecule has 0 aliphatic rings. The number of rotatable bonds is 1. The van der Waals surface area contributed by atoms with Gasteiger partial charge in [-0.15, -0.1) is 0 Å². The number of imidazole rings is 1. The summed E-state index contributed by atoms with van der Waals surface area (Å²) in [5.74, 6) is 4.89. The van der Waals surface area contributed by atoms with Crippen LogP contribution in [0.5, 0.6) is 0 Å². The molecule has 0 radical (unpaired) electrons. The Bertz CT molecular complexity index is 276. The fourth-order valence-corrected chi connectivity index (χ4v) is 0.562. The van der Waals surface area contributed by atoms with Crippen molar-refractivity contribution in [2.24, 2.45) is 0 Å². The zero-order valence-electron chi connectivity index (χ0n) is 5.51. The number of nitrogens with one attached hydrogen (secondary N) is 1. The van der Waals surface area contributed by atoms with Crippen LogP contribution in [0.3, 0.4) is 0 Å². The lowest BCUT2D eigenvalue weighted by atomic mass is 10.4. The summed E-state index contributed by atoms with van der Waals surface area (Å²) >= 11 is 0. The standard InChI is InChI=1S/C7H6N2O/c1-2-3-6(10)7-8-4-5-9-7/h4-5H,1H3,(H,8,9). The fraction of sp³-hybridized carbons (Fsp3) is 0.143. The molecule has 0 atom stereocenters. The van der Waals surface area contributed by atoms with Crippen LogP contribution in [-0.4, -0.2) is 15.8 Å². The van der Waals surface area contributed by atoms with Gasteiger partial charge in [0.15, 0.2) is 5.82 Å². The fourth-order valence-electron chi connectivity index (χ4n) is 0.562. The predicted molar refractivity (Wildman–Crippen MR) is 36.4 cm³/mol. The summed E-state index contributed by atoms with van der Waals surface area (Å²) in [6.45, 7) is 1.61. The lowest BCUT2D eigenvalue weighted by molar-refractivity contribution is 0.104. The van der Waals surface area contributed by atoms with Crippen LogP contribution in [0.4, 0.5) is 0 Å². The highest BCUT2D eigenvalue weighted by Crippen LogP contribution is 1.87. The molecule has 0 saturated heterocycles. The van der Waals surface area contributed by atoms with E-state index in [0.717, 1.165) is 0 Å². The van der Waals surface area contributed by atoms with Gasteiger partial charge in [-0.1, -0.05) is 5.92 Å². The monoisotopic (exact) mass is 134 g/mol. The second kappa shape index (κ2) is 2.83. The second-order valence-electron chi connectivity index (χ2n) is 1.64. The van der Waals surface area contributed by atoms with Crippen LogP contribution in [0, 0.1) is 11.8 Å². The first-order valence-electron chi connectivity index (χ1n) is 2.81. The molecule has 0 bridgehead atoms. The molecular formula is C7H6N2O. The third kappa shape index (κ3) is 1.23. The maximum Gasteiger partial charge on any atom is 0.271 e. The van der Waals surface area contributed by atoms with E-state index in [-0.39, 0.29) is 5.78 Å². The third-order valence-electron chi connectivity index (χ3n) is 0.952. The molecule has 0 saturated carbocycles. The second-order valence-corrected chi connectivity index (χ2v) is 1.64. The Balaban J connectivity index is 2.85. The number of carbonyl (C=O) groups is 1. The molecule has 0 fully saturated rings. The van der Waals surface area contributed by atoms with Gasteiger partial charge in [-0.2, -0.15) is 0 Å². The lowest BCUT2D eigenvalue weighted by Gasteiger charge is -1.80. The lowest BCUT2D eigenvalue weighted by Crippen LogP contribution is -1.96. The van der Waals surface area contributed by atoms with Crippen molar-refractivity contribution < 1.29 is 4.79 Å². The molecule has 0 unspecified atom stereocenters. The summed E-state index contributed by atoms with van der Waals surface area (Å²) in [6, 6.07) is 0. The van der Waals surface area contributed by atoms with Crippen molar-refractivity contribution in [3.8, 4) is 11.8 Å². The van der Waals surface area contributed by atoms with Crippen LogP contribution in [0.15, 0.2) is 12.4 Å². The van der Waals surface area contributed by atoms with Gasteiger partial charge in [0.05, 0.1) is 0 Å². The summed E-state index contributed by atoms with van der Waals surface area (Å²) in [4.78, 5) is 17.2. The molecule has 1 rings (SSSR count). The molecule has 0 spiro atoms. The number of hydrogen-bond donors (Lipinski definition) is 1. The van der Waals surface area contributed by atoms with E-state index in [9.17, 15) is 4.79 Å². The predicted octanol–water partition coefficient (Wildman–Crippen LogP) is 0.616. The smallest absolute Gasteiger partial charge is 0.271 e. The molecule has 3 heteroatoms. The van der Waals surface area contributed by atoms with Gasteiger partial charge in [-0.25, -0.2) is 4.98 Å². The largest absolute Gasteiger partial charge is 0.341 e. The number of aromatic nitrogens is 2. The number of aromatic amines is 1. The number of hydrogen-bond acceptors (Lipinski definition) is 2. The first-order chi connectivity index (χ1) is 4.84. The van der Waals surface area contributed by atoms with E-state index in [4.69, 9.17) is 0 Å². The molecular weight excluding hydrogens is 128 g/mol. The first kappa shape index (κ1) is 6.56. The zero-order chi connectivity index (χ0) is 7.40. The first-order valence-corrected chi connectivity index (χ1v) is 2.81. The molecule has 0 amide bonds. The van der Waals surface area contributed by atoms with Crippen molar-refractivity contribution >= 4 is 5.78 Å². The zero-order valence-corrected chi connectivity index (χ0v) is 5.51. The van der Waals surface area contributed by atoms with Gasteiger partial charge < -0.3 is 4.98 Å².